The number of aliphatic carboxylic acids is 1. The molecule has 1 N–H and O–H groups in total. The first-order valence-corrected chi connectivity index (χ1v) is 4.88. The third-order valence-corrected chi connectivity index (χ3v) is 2.08. The number of hydrogen-bond donors (Lipinski definition) is 1. The highest BCUT2D eigenvalue weighted by atomic mass is 16.5. The van der Waals surface area contributed by atoms with Gasteiger partial charge >= 0.3 is 5.97 Å². The molecule has 0 aliphatic rings. The van der Waals surface area contributed by atoms with Crippen LogP contribution in [0.1, 0.15) is 6.92 Å². The van der Waals surface area contributed by atoms with Gasteiger partial charge in [0.2, 0.25) is 0 Å². The molecule has 0 spiro atoms. The Bertz CT molecular complexity index is 521. The van der Waals surface area contributed by atoms with Crippen molar-refractivity contribution in [3.8, 4) is 5.75 Å². The Morgan fingerprint density at radius 2 is 2.38 bits per heavy atom. The van der Waals surface area contributed by atoms with Gasteiger partial charge in [0.15, 0.2) is 0 Å². The number of nitrogens with zero attached hydrogens (tertiary/aromatic N) is 3. The van der Waals surface area contributed by atoms with Crippen molar-refractivity contribution in [1.82, 2.24) is 15.0 Å². The minimum absolute atomic E-state index is 0.190. The number of benzene rings is 1. The predicted octanol–water partition coefficient (Wildman–Crippen LogP) is 0.915. The van der Waals surface area contributed by atoms with Crippen molar-refractivity contribution in [2.45, 2.75) is 13.5 Å². The van der Waals surface area contributed by atoms with Crippen molar-refractivity contribution in [1.29, 1.82) is 0 Å². The molecule has 16 heavy (non-hydrogen) atoms. The third-order valence-electron chi connectivity index (χ3n) is 2.08. The number of carboxylic acid groups (broad SMARTS) is 1. The van der Waals surface area contributed by atoms with Gasteiger partial charge in [0, 0.05) is 6.07 Å². The summed E-state index contributed by atoms with van der Waals surface area (Å²) in [5.74, 6) is -0.238. The van der Waals surface area contributed by atoms with Crippen LogP contribution in [0.4, 0.5) is 0 Å². The lowest BCUT2D eigenvalue weighted by Crippen LogP contribution is -2.09. The van der Waals surface area contributed by atoms with Crippen LogP contribution in [0.3, 0.4) is 0 Å². The number of hydrogen-bond acceptors (Lipinski definition) is 4. The maximum Gasteiger partial charge on any atom is 0.325 e. The molecule has 1 aromatic carbocycles. The molecule has 2 rings (SSSR count). The minimum atomic E-state index is -0.944. The van der Waals surface area contributed by atoms with Crippen LogP contribution in [0, 0.1) is 0 Å². The van der Waals surface area contributed by atoms with Crippen LogP contribution in [0.5, 0.6) is 5.75 Å². The SMILES string of the molecule is CCOc1ccc2c(c1)nnn2CC(=O)O. The van der Waals surface area contributed by atoms with Gasteiger partial charge < -0.3 is 9.84 Å². The standard InChI is InChI=1S/C10H11N3O3/c1-2-16-7-3-4-9-8(5-7)11-12-13(9)6-10(14)15/h3-5H,2,6H2,1H3,(H,14,15). The van der Waals surface area contributed by atoms with Crippen LogP contribution in [0.25, 0.3) is 11.0 Å². The molecule has 84 valence electrons. The maximum absolute atomic E-state index is 10.6. The molecule has 0 saturated carbocycles. The Morgan fingerprint density at radius 1 is 1.56 bits per heavy atom. The highest BCUT2D eigenvalue weighted by Crippen LogP contribution is 2.18. The monoisotopic (exact) mass is 221 g/mol. The molecule has 1 aromatic heterocycles. The molecule has 0 bridgehead atoms. The van der Waals surface area contributed by atoms with Crippen molar-refractivity contribution in [2.75, 3.05) is 6.61 Å². The van der Waals surface area contributed by atoms with E-state index in [0.717, 1.165) is 0 Å². The van der Waals surface area contributed by atoms with Crippen molar-refractivity contribution >= 4 is 17.0 Å². The van der Waals surface area contributed by atoms with Crippen LogP contribution in [-0.2, 0) is 11.3 Å². The molecule has 6 heteroatoms. The summed E-state index contributed by atoms with van der Waals surface area (Å²) in [6.07, 6.45) is 0. The number of aromatic nitrogens is 3. The Hall–Kier alpha value is -2.11. The van der Waals surface area contributed by atoms with Gasteiger partial charge in [-0.05, 0) is 19.1 Å². The second-order valence-corrected chi connectivity index (χ2v) is 3.22. The van der Waals surface area contributed by atoms with E-state index in [1.54, 1.807) is 18.2 Å². The second kappa shape index (κ2) is 4.18. The van der Waals surface area contributed by atoms with Gasteiger partial charge in [0.1, 0.15) is 17.8 Å². The van der Waals surface area contributed by atoms with E-state index in [9.17, 15) is 4.79 Å². The summed E-state index contributed by atoms with van der Waals surface area (Å²) in [5.41, 5.74) is 1.32. The van der Waals surface area contributed by atoms with Gasteiger partial charge in [0.05, 0.1) is 12.1 Å². The summed E-state index contributed by atoms with van der Waals surface area (Å²) in [7, 11) is 0. The van der Waals surface area contributed by atoms with E-state index in [2.05, 4.69) is 10.3 Å². The van der Waals surface area contributed by atoms with Crippen LogP contribution >= 0.6 is 0 Å². The number of carbonyl (C=O) groups is 1. The normalized spacial score (nSPS) is 10.6. The average molecular weight is 221 g/mol. The molecule has 0 aliphatic heterocycles. The van der Waals surface area contributed by atoms with Gasteiger partial charge in [-0.2, -0.15) is 0 Å². The van der Waals surface area contributed by atoms with Crippen LogP contribution in [-0.4, -0.2) is 32.7 Å². The fourth-order valence-electron chi connectivity index (χ4n) is 1.45. The Kier molecular flexibility index (Phi) is 2.72. The predicted molar refractivity (Wildman–Crippen MR) is 56.3 cm³/mol. The third kappa shape index (κ3) is 1.95. The van der Waals surface area contributed by atoms with Crippen molar-refractivity contribution in [2.24, 2.45) is 0 Å². The number of carboxylic acids is 1. The lowest BCUT2D eigenvalue weighted by Gasteiger charge is -2.02. The number of ether oxygens (including phenoxy) is 1. The molecule has 0 saturated heterocycles. The number of fused-ring (bicyclic) bond motifs is 1. The van der Waals surface area contributed by atoms with Crippen LogP contribution < -0.4 is 4.74 Å². The summed E-state index contributed by atoms with van der Waals surface area (Å²) >= 11 is 0. The van der Waals surface area contributed by atoms with E-state index in [1.807, 2.05) is 6.92 Å². The Balaban J connectivity index is 2.38. The van der Waals surface area contributed by atoms with Crippen LogP contribution in [0.2, 0.25) is 0 Å². The number of rotatable bonds is 4. The van der Waals surface area contributed by atoms with E-state index in [1.165, 1.54) is 4.68 Å². The molecular formula is C10H11N3O3. The van der Waals surface area contributed by atoms with Gasteiger partial charge in [0.25, 0.3) is 0 Å². The zero-order valence-electron chi connectivity index (χ0n) is 8.75. The molecule has 0 fully saturated rings. The van der Waals surface area contributed by atoms with E-state index in [0.29, 0.717) is 23.4 Å². The smallest absolute Gasteiger partial charge is 0.325 e. The quantitative estimate of drug-likeness (QED) is 0.830. The highest BCUT2D eigenvalue weighted by Gasteiger charge is 2.08. The van der Waals surface area contributed by atoms with Crippen molar-refractivity contribution in [3.63, 3.8) is 0 Å². The highest BCUT2D eigenvalue weighted by molar-refractivity contribution is 5.77. The minimum Gasteiger partial charge on any atom is -0.494 e. The summed E-state index contributed by atoms with van der Waals surface area (Å²) in [6, 6.07) is 5.26. The topological polar surface area (TPSA) is 77.2 Å². The molecular weight excluding hydrogens is 210 g/mol. The summed E-state index contributed by atoms with van der Waals surface area (Å²) < 4.78 is 6.65. The van der Waals surface area contributed by atoms with E-state index in [4.69, 9.17) is 9.84 Å². The molecule has 1 heterocycles. The molecule has 0 radical (unpaired) electrons. The van der Waals surface area contributed by atoms with Crippen molar-refractivity contribution in [3.05, 3.63) is 18.2 Å². The van der Waals surface area contributed by atoms with E-state index in [-0.39, 0.29) is 6.54 Å². The molecule has 0 aliphatic carbocycles. The maximum atomic E-state index is 10.6. The molecule has 0 unspecified atom stereocenters. The van der Waals surface area contributed by atoms with E-state index >= 15 is 0 Å². The zero-order chi connectivity index (χ0) is 11.5. The summed E-state index contributed by atoms with van der Waals surface area (Å²) in [4.78, 5) is 10.6. The fourth-order valence-corrected chi connectivity index (χ4v) is 1.45. The first-order chi connectivity index (χ1) is 7.70. The Labute approximate surface area is 91.4 Å². The first-order valence-electron chi connectivity index (χ1n) is 4.88. The lowest BCUT2D eigenvalue weighted by molar-refractivity contribution is -0.137. The van der Waals surface area contributed by atoms with E-state index < -0.39 is 5.97 Å². The van der Waals surface area contributed by atoms with Gasteiger partial charge in [-0.1, -0.05) is 5.21 Å². The largest absolute Gasteiger partial charge is 0.494 e. The van der Waals surface area contributed by atoms with Gasteiger partial charge in [-0.3, -0.25) is 4.79 Å². The molecule has 0 atom stereocenters. The van der Waals surface area contributed by atoms with Gasteiger partial charge in [-0.25, -0.2) is 4.68 Å². The molecule has 6 nitrogen and oxygen atoms in total. The summed E-state index contributed by atoms with van der Waals surface area (Å²) in [5, 5.41) is 16.3. The summed E-state index contributed by atoms with van der Waals surface area (Å²) in [6.45, 7) is 2.28. The van der Waals surface area contributed by atoms with Crippen molar-refractivity contribution < 1.29 is 14.6 Å². The zero-order valence-corrected chi connectivity index (χ0v) is 8.75. The average Bonchev–Trinajstić information content (AvgIpc) is 2.61. The first kappa shape index (κ1) is 10.4. The second-order valence-electron chi connectivity index (χ2n) is 3.22. The van der Waals surface area contributed by atoms with Gasteiger partial charge in [-0.15, -0.1) is 5.10 Å². The molecule has 0 amide bonds. The molecule has 2 aromatic rings. The fraction of sp³-hybridized carbons (Fsp3) is 0.300. The lowest BCUT2D eigenvalue weighted by atomic mass is 10.3. The Morgan fingerprint density at radius 3 is 3.06 bits per heavy atom. The van der Waals surface area contributed by atoms with Crippen LogP contribution in [0.15, 0.2) is 18.2 Å².